The Kier molecular flexibility index (Phi) is 4.37. The van der Waals surface area contributed by atoms with E-state index in [4.69, 9.17) is 5.41 Å². The van der Waals surface area contributed by atoms with Gasteiger partial charge in [-0.25, -0.2) is 9.98 Å². The van der Waals surface area contributed by atoms with Gasteiger partial charge in [0.2, 0.25) is 0 Å². The number of aromatic nitrogens is 2. The summed E-state index contributed by atoms with van der Waals surface area (Å²) in [5.74, 6) is 0.967. The van der Waals surface area contributed by atoms with Gasteiger partial charge in [0.15, 0.2) is 11.0 Å². The maximum absolute atomic E-state index is 12.3. The van der Waals surface area contributed by atoms with Crippen molar-refractivity contribution in [2.75, 3.05) is 0 Å². The average Bonchev–Trinajstić information content (AvgIpc) is 3.07. The molecule has 0 saturated heterocycles. The van der Waals surface area contributed by atoms with E-state index in [0.717, 1.165) is 22.4 Å². The first kappa shape index (κ1) is 16.3. The largest absolute Gasteiger partial charge is 0.341 e. The molecule has 0 spiro atoms. The number of thioether (sulfide) groups is 1. The van der Waals surface area contributed by atoms with Crippen molar-refractivity contribution < 1.29 is 4.79 Å². The minimum atomic E-state index is -0.319. The molecule has 2 aromatic carbocycles. The number of amides is 1. The number of amidine groups is 2. The molecule has 7 heteroatoms. The fourth-order valence-corrected chi connectivity index (χ4v) is 3.32. The Morgan fingerprint density at radius 2 is 1.85 bits per heavy atom. The number of hydrogen-bond donors (Lipinski definition) is 3. The molecule has 0 bridgehead atoms. The summed E-state index contributed by atoms with van der Waals surface area (Å²) in [6.07, 6.45) is 1.67. The van der Waals surface area contributed by atoms with Crippen LogP contribution in [0.15, 0.2) is 65.2 Å². The maximum Gasteiger partial charge on any atom is 0.261 e. The molecule has 1 aliphatic rings. The van der Waals surface area contributed by atoms with Crippen LogP contribution in [0.3, 0.4) is 0 Å². The Labute approximate surface area is 154 Å². The molecule has 3 aromatic rings. The highest BCUT2D eigenvalue weighted by Crippen LogP contribution is 2.19. The Hall–Kier alpha value is -3.19. The summed E-state index contributed by atoms with van der Waals surface area (Å²) in [5.41, 5.74) is 2.98. The Morgan fingerprint density at radius 1 is 1.08 bits per heavy atom. The number of nitrogens with zero attached hydrogens (tertiary/aromatic N) is 2. The van der Waals surface area contributed by atoms with Crippen LogP contribution in [0.5, 0.6) is 0 Å². The van der Waals surface area contributed by atoms with E-state index in [9.17, 15) is 4.79 Å². The van der Waals surface area contributed by atoms with E-state index in [1.807, 2.05) is 54.6 Å². The summed E-state index contributed by atoms with van der Waals surface area (Å²) < 4.78 is 0. The summed E-state index contributed by atoms with van der Waals surface area (Å²) in [5, 5.41) is 11.2. The van der Waals surface area contributed by atoms with Crippen LogP contribution >= 0.6 is 11.8 Å². The van der Waals surface area contributed by atoms with E-state index >= 15 is 0 Å². The summed E-state index contributed by atoms with van der Waals surface area (Å²) in [6, 6.07) is 17.2. The van der Waals surface area contributed by atoms with Gasteiger partial charge in [-0.2, -0.15) is 0 Å². The lowest BCUT2D eigenvalue weighted by Crippen LogP contribution is -2.37. The number of fused-ring (bicyclic) bond motifs is 1. The quantitative estimate of drug-likeness (QED) is 0.625. The number of nitrogens with one attached hydrogen (secondary N) is 3. The number of hydrogen-bond acceptors (Lipinski definition) is 4. The van der Waals surface area contributed by atoms with Gasteiger partial charge in [-0.3, -0.25) is 10.2 Å². The molecule has 6 nitrogen and oxygen atoms in total. The zero-order valence-electron chi connectivity index (χ0n) is 13.7. The maximum atomic E-state index is 12.3. The van der Waals surface area contributed by atoms with Crippen molar-refractivity contribution in [2.45, 2.75) is 5.75 Å². The van der Waals surface area contributed by atoms with Crippen LogP contribution in [-0.4, -0.2) is 26.9 Å². The molecule has 26 heavy (non-hydrogen) atoms. The minimum absolute atomic E-state index is 0.0373. The van der Waals surface area contributed by atoms with Crippen LogP contribution in [0.25, 0.3) is 17.1 Å². The number of para-hydroxylation sites is 2. The lowest BCUT2D eigenvalue weighted by Gasteiger charge is -2.15. The first-order valence-corrected chi connectivity index (χ1v) is 9.00. The number of carbonyl (C=O) groups is 1. The van der Waals surface area contributed by atoms with Crippen LogP contribution in [-0.2, 0) is 10.5 Å². The van der Waals surface area contributed by atoms with Crippen LogP contribution in [0.4, 0.5) is 0 Å². The van der Waals surface area contributed by atoms with Crippen molar-refractivity contribution in [3.8, 4) is 0 Å². The summed E-state index contributed by atoms with van der Waals surface area (Å²) >= 11 is 1.34. The molecule has 0 unspecified atom stereocenters. The number of H-pyrrole nitrogens is 1. The van der Waals surface area contributed by atoms with E-state index in [0.29, 0.717) is 10.9 Å². The first-order valence-electron chi connectivity index (χ1n) is 8.01. The minimum Gasteiger partial charge on any atom is -0.341 e. The fourth-order valence-electron chi connectivity index (χ4n) is 2.59. The third kappa shape index (κ3) is 3.43. The highest BCUT2D eigenvalue weighted by molar-refractivity contribution is 8.13. The zero-order chi connectivity index (χ0) is 17.9. The van der Waals surface area contributed by atoms with Crippen molar-refractivity contribution in [1.29, 1.82) is 5.41 Å². The number of rotatable bonds is 3. The van der Waals surface area contributed by atoms with Crippen molar-refractivity contribution in [2.24, 2.45) is 4.99 Å². The van der Waals surface area contributed by atoms with Crippen molar-refractivity contribution in [1.82, 2.24) is 15.3 Å². The van der Waals surface area contributed by atoms with E-state index in [1.165, 1.54) is 11.8 Å². The standard InChI is InChI=1S/C19H15N5OS/c20-17-13(10-12-6-2-1-3-7-12)18(25)24-19(23-17)26-11-16-21-14-8-4-5-9-15(14)22-16/h1-10H,11H2,(H,21,22)(H2,20,23,24,25)/b13-10+. The number of imidazole rings is 1. The van der Waals surface area contributed by atoms with Gasteiger partial charge in [-0.05, 0) is 23.8 Å². The van der Waals surface area contributed by atoms with Gasteiger partial charge in [0.05, 0.1) is 22.4 Å². The van der Waals surface area contributed by atoms with Gasteiger partial charge in [0.25, 0.3) is 5.91 Å². The van der Waals surface area contributed by atoms with Crippen LogP contribution in [0.2, 0.25) is 0 Å². The molecule has 2 heterocycles. The predicted octanol–water partition coefficient (Wildman–Crippen LogP) is 3.34. The second-order valence-corrected chi connectivity index (χ2v) is 6.64. The Bertz CT molecular complexity index is 1020. The molecule has 0 atom stereocenters. The van der Waals surface area contributed by atoms with Crippen LogP contribution in [0.1, 0.15) is 11.4 Å². The van der Waals surface area contributed by atoms with Gasteiger partial charge < -0.3 is 10.3 Å². The van der Waals surface area contributed by atoms with Crippen LogP contribution in [0, 0.1) is 5.41 Å². The predicted molar refractivity (Wildman–Crippen MR) is 105 cm³/mol. The second-order valence-electron chi connectivity index (χ2n) is 5.68. The first-order chi connectivity index (χ1) is 12.7. The topological polar surface area (TPSA) is 94.0 Å². The molecule has 4 rings (SSSR count). The highest BCUT2D eigenvalue weighted by atomic mass is 32.2. The lowest BCUT2D eigenvalue weighted by molar-refractivity contribution is -0.115. The summed E-state index contributed by atoms with van der Waals surface area (Å²) in [7, 11) is 0. The molecule has 128 valence electrons. The molecule has 1 aliphatic heterocycles. The lowest BCUT2D eigenvalue weighted by atomic mass is 10.1. The molecule has 3 N–H and O–H groups in total. The summed E-state index contributed by atoms with van der Waals surface area (Å²) in [6.45, 7) is 0. The molecule has 0 fully saturated rings. The molecular formula is C19H15N5OS. The Balaban J connectivity index is 1.48. The van der Waals surface area contributed by atoms with E-state index in [2.05, 4.69) is 20.3 Å². The third-order valence-corrected chi connectivity index (χ3v) is 4.71. The summed E-state index contributed by atoms with van der Waals surface area (Å²) in [4.78, 5) is 24.3. The van der Waals surface area contributed by atoms with Crippen molar-refractivity contribution >= 4 is 45.8 Å². The van der Waals surface area contributed by atoms with E-state index in [-0.39, 0.29) is 17.3 Å². The normalized spacial score (nSPS) is 16.0. The van der Waals surface area contributed by atoms with Crippen molar-refractivity contribution in [3.05, 3.63) is 71.6 Å². The zero-order valence-corrected chi connectivity index (χ0v) is 14.5. The molecule has 0 aliphatic carbocycles. The number of benzene rings is 2. The van der Waals surface area contributed by atoms with E-state index < -0.39 is 0 Å². The molecule has 0 radical (unpaired) electrons. The van der Waals surface area contributed by atoms with E-state index in [1.54, 1.807) is 6.08 Å². The smallest absolute Gasteiger partial charge is 0.261 e. The second kappa shape index (κ2) is 6.97. The molecule has 1 aromatic heterocycles. The van der Waals surface area contributed by atoms with Gasteiger partial charge in [-0.1, -0.05) is 54.2 Å². The number of carbonyl (C=O) groups excluding carboxylic acids is 1. The molecule has 1 amide bonds. The van der Waals surface area contributed by atoms with Crippen LogP contribution < -0.4 is 5.32 Å². The third-order valence-electron chi connectivity index (χ3n) is 3.83. The highest BCUT2D eigenvalue weighted by Gasteiger charge is 2.23. The number of aromatic amines is 1. The molecular weight excluding hydrogens is 346 g/mol. The van der Waals surface area contributed by atoms with Gasteiger partial charge in [0, 0.05) is 0 Å². The average molecular weight is 361 g/mol. The van der Waals surface area contributed by atoms with Gasteiger partial charge in [0.1, 0.15) is 5.82 Å². The molecule has 0 saturated carbocycles. The number of aliphatic imine (C=N–C) groups is 1. The van der Waals surface area contributed by atoms with Crippen molar-refractivity contribution in [3.63, 3.8) is 0 Å². The van der Waals surface area contributed by atoms with Gasteiger partial charge >= 0.3 is 0 Å². The van der Waals surface area contributed by atoms with Gasteiger partial charge in [-0.15, -0.1) is 0 Å². The Morgan fingerprint density at radius 3 is 2.62 bits per heavy atom. The monoisotopic (exact) mass is 361 g/mol. The SMILES string of the molecule is N=C1N=C(SCc2nc3ccccc3[nH]2)NC(=O)/C1=C/c1ccccc1. The fraction of sp³-hybridized carbons (Fsp3) is 0.0526.